The van der Waals surface area contributed by atoms with E-state index in [4.69, 9.17) is 0 Å². The second-order valence-electron chi connectivity index (χ2n) is 6.83. The van der Waals surface area contributed by atoms with Crippen molar-refractivity contribution in [3.05, 3.63) is 11.1 Å². The van der Waals surface area contributed by atoms with Gasteiger partial charge in [0.25, 0.3) is 0 Å². The summed E-state index contributed by atoms with van der Waals surface area (Å²) in [5.41, 5.74) is 4.83. The molecule has 0 unspecified atom stereocenters. The Morgan fingerprint density at radius 2 is 1.93 bits per heavy atom. The molecule has 2 saturated carbocycles. The van der Waals surface area contributed by atoms with E-state index >= 15 is 0 Å². The van der Waals surface area contributed by atoms with Crippen LogP contribution in [-0.4, -0.2) is 0 Å². The van der Waals surface area contributed by atoms with Crippen LogP contribution in [0.25, 0.3) is 0 Å². The maximum absolute atomic E-state index is 2.55. The van der Waals surface area contributed by atoms with Gasteiger partial charge in [0.1, 0.15) is 0 Å². The lowest BCUT2D eigenvalue weighted by molar-refractivity contribution is -0.00753. The van der Waals surface area contributed by atoms with E-state index in [2.05, 4.69) is 27.7 Å². The van der Waals surface area contributed by atoms with E-state index in [-0.39, 0.29) is 0 Å². The van der Waals surface area contributed by atoms with Gasteiger partial charge in [-0.2, -0.15) is 0 Å². The molecule has 0 radical (unpaired) electrons. The van der Waals surface area contributed by atoms with Crippen LogP contribution in [0, 0.1) is 22.7 Å². The summed E-state index contributed by atoms with van der Waals surface area (Å²) in [5.74, 6) is 1.91. The molecule has 0 aliphatic heterocycles. The topological polar surface area (TPSA) is 0 Å². The molecule has 0 saturated heterocycles. The van der Waals surface area contributed by atoms with Crippen LogP contribution in [0.3, 0.4) is 0 Å². The maximum Gasteiger partial charge on any atom is -0.000292 e. The van der Waals surface area contributed by atoms with Gasteiger partial charge in [0.05, 0.1) is 0 Å². The molecular formula is C15H24. The number of rotatable bonds is 0. The molecule has 0 heteroatoms. The third-order valence-electron chi connectivity index (χ3n) is 6.36. The highest BCUT2D eigenvalue weighted by Gasteiger charge is 2.63. The first kappa shape index (κ1) is 9.93. The van der Waals surface area contributed by atoms with Crippen molar-refractivity contribution in [3.8, 4) is 0 Å². The average molecular weight is 204 g/mol. The van der Waals surface area contributed by atoms with Gasteiger partial charge in [-0.1, -0.05) is 31.9 Å². The maximum atomic E-state index is 2.55. The van der Waals surface area contributed by atoms with Crippen molar-refractivity contribution in [2.24, 2.45) is 22.7 Å². The van der Waals surface area contributed by atoms with Crippen LogP contribution in [0.5, 0.6) is 0 Å². The molecule has 15 heavy (non-hydrogen) atoms. The summed E-state index contributed by atoms with van der Waals surface area (Å²) in [7, 11) is 0. The Kier molecular flexibility index (Phi) is 1.79. The molecule has 0 heterocycles. The van der Waals surface area contributed by atoms with Crippen LogP contribution in [-0.2, 0) is 0 Å². The van der Waals surface area contributed by atoms with E-state index in [0.29, 0.717) is 10.8 Å². The largest absolute Gasteiger partial charge is 0.0735 e. The highest BCUT2D eigenvalue weighted by atomic mass is 14.7. The lowest BCUT2D eigenvalue weighted by Crippen LogP contribution is -2.44. The summed E-state index contributed by atoms with van der Waals surface area (Å²) in [6, 6.07) is 0. The molecule has 0 aromatic heterocycles. The first-order valence-electron chi connectivity index (χ1n) is 6.69. The predicted molar refractivity (Wildman–Crippen MR) is 64.7 cm³/mol. The molecule has 0 aromatic rings. The second-order valence-corrected chi connectivity index (χ2v) is 6.83. The zero-order valence-electron chi connectivity index (χ0n) is 10.7. The molecule has 3 aliphatic carbocycles. The van der Waals surface area contributed by atoms with E-state index in [1.807, 2.05) is 5.57 Å². The molecule has 84 valence electrons. The molecule has 0 aromatic carbocycles. The highest BCUT2D eigenvalue weighted by molar-refractivity contribution is 5.37. The van der Waals surface area contributed by atoms with E-state index in [0.717, 1.165) is 11.8 Å². The smallest absolute Gasteiger partial charge is 0.000292 e. The van der Waals surface area contributed by atoms with E-state index in [1.165, 1.54) is 32.1 Å². The zero-order valence-corrected chi connectivity index (χ0v) is 10.7. The van der Waals surface area contributed by atoms with Crippen molar-refractivity contribution in [3.63, 3.8) is 0 Å². The Balaban J connectivity index is 2.20. The van der Waals surface area contributed by atoms with E-state index in [9.17, 15) is 0 Å². The van der Waals surface area contributed by atoms with Crippen molar-refractivity contribution >= 4 is 0 Å². The van der Waals surface area contributed by atoms with Gasteiger partial charge in [0.2, 0.25) is 0 Å². The molecule has 1 spiro atoms. The van der Waals surface area contributed by atoms with Gasteiger partial charge in [-0.3, -0.25) is 0 Å². The fourth-order valence-electron chi connectivity index (χ4n) is 5.34. The highest BCUT2D eigenvalue weighted by Crippen LogP contribution is 2.72. The van der Waals surface area contributed by atoms with Gasteiger partial charge >= 0.3 is 0 Å². The predicted octanol–water partition coefficient (Wildman–Crippen LogP) is 4.56. The Bertz CT molecular complexity index is 334. The van der Waals surface area contributed by atoms with Crippen molar-refractivity contribution in [1.29, 1.82) is 0 Å². The standard InChI is InChI=1S/C15H24/c1-10-7-8-15-11(2)5-6-12(9-13(10)15)14(15,3)4/h11-12H,5-9H2,1-4H3/t11-,12-,15+/m1/s1. The van der Waals surface area contributed by atoms with Crippen LogP contribution in [0.4, 0.5) is 0 Å². The summed E-state index contributed by atoms with van der Waals surface area (Å²) in [6.45, 7) is 10.0. The van der Waals surface area contributed by atoms with Crippen LogP contribution in [0.2, 0.25) is 0 Å². The van der Waals surface area contributed by atoms with Gasteiger partial charge in [0.15, 0.2) is 0 Å². The van der Waals surface area contributed by atoms with Crippen LogP contribution in [0.1, 0.15) is 59.8 Å². The lowest BCUT2D eigenvalue weighted by atomic mass is 9.53. The Morgan fingerprint density at radius 3 is 2.67 bits per heavy atom. The third kappa shape index (κ3) is 0.905. The Hall–Kier alpha value is -0.260. The fourth-order valence-corrected chi connectivity index (χ4v) is 5.34. The number of fused-ring (bicyclic) bond motifs is 1. The van der Waals surface area contributed by atoms with Crippen molar-refractivity contribution in [2.45, 2.75) is 59.8 Å². The number of allylic oxidation sites excluding steroid dienone is 2. The minimum Gasteiger partial charge on any atom is -0.0735 e. The minimum atomic E-state index is 0.581. The SMILES string of the molecule is CC1=C2C[C@H]3CC[C@@H](C)[C@]2(CC1)C3(C)C. The average Bonchev–Trinajstić information content (AvgIpc) is 2.53. The Labute approximate surface area is 94.1 Å². The molecule has 0 nitrogen and oxygen atoms in total. The summed E-state index contributed by atoms with van der Waals surface area (Å²) in [4.78, 5) is 0. The van der Waals surface area contributed by atoms with Gasteiger partial charge in [0, 0.05) is 0 Å². The van der Waals surface area contributed by atoms with Gasteiger partial charge in [-0.15, -0.1) is 0 Å². The second kappa shape index (κ2) is 2.70. The van der Waals surface area contributed by atoms with Gasteiger partial charge in [-0.05, 0) is 61.7 Å². The van der Waals surface area contributed by atoms with Gasteiger partial charge in [-0.25, -0.2) is 0 Å². The molecular weight excluding hydrogens is 180 g/mol. The quantitative estimate of drug-likeness (QED) is 0.507. The number of hydrogen-bond acceptors (Lipinski definition) is 0. The summed E-state index contributed by atoms with van der Waals surface area (Å²) in [5, 5.41) is 0. The summed E-state index contributed by atoms with van der Waals surface area (Å²) < 4.78 is 0. The molecule has 3 atom stereocenters. The first-order valence-corrected chi connectivity index (χ1v) is 6.69. The number of hydrogen-bond donors (Lipinski definition) is 0. The minimum absolute atomic E-state index is 0.581. The van der Waals surface area contributed by atoms with Gasteiger partial charge < -0.3 is 0 Å². The monoisotopic (exact) mass is 204 g/mol. The molecule has 3 rings (SSSR count). The van der Waals surface area contributed by atoms with Crippen molar-refractivity contribution < 1.29 is 0 Å². The molecule has 2 fully saturated rings. The fraction of sp³-hybridized carbons (Fsp3) is 0.867. The molecule has 0 N–H and O–H groups in total. The molecule has 2 bridgehead atoms. The van der Waals surface area contributed by atoms with Crippen molar-refractivity contribution in [2.75, 3.05) is 0 Å². The van der Waals surface area contributed by atoms with E-state index < -0.39 is 0 Å². The Morgan fingerprint density at radius 1 is 1.20 bits per heavy atom. The van der Waals surface area contributed by atoms with Crippen LogP contribution >= 0.6 is 0 Å². The van der Waals surface area contributed by atoms with E-state index in [1.54, 1.807) is 5.57 Å². The first-order chi connectivity index (χ1) is 7.00. The molecule has 0 amide bonds. The third-order valence-corrected chi connectivity index (χ3v) is 6.36. The van der Waals surface area contributed by atoms with Crippen LogP contribution in [0.15, 0.2) is 11.1 Å². The summed E-state index contributed by atoms with van der Waals surface area (Å²) in [6.07, 6.45) is 7.23. The summed E-state index contributed by atoms with van der Waals surface area (Å²) >= 11 is 0. The normalized spacial score (nSPS) is 47.2. The zero-order chi connectivity index (χ0) is 10.8. The lowest BCUT2D eigenvalue weighted by Gasteiger charge is -2.51. The van der Waals surface area contributed by atoms with Crippen molar-refractivity contribution in [1.82, 2.24) is 0 Å². The van der Waals surface area contributed by atoms with Crippen LogP contribution < -0.4 is 0 Å². The molecule has 3 aliphatic rings.